The number of hydrogen-bond donors (Lipinski definition) is 3. The zero-order valence-electron chi connectivity index (χ0n) is 12.3. The van der Waals surface area contributed by atoms with E-state index in [1.165, 1.54) is 0 Å². The Bertz CT molecular complexity index is 510. The minimum Gasteiger partial charge on any atom is -0.351 e. The molecular weight excluding hydrogens is 266 g/mol. The number of likely N-dealkylation sites (N-methyl/N-ethyl adjacent to an activating group) is 1. The van der Waals surface area contributed by atoms with Gasteiger partial charge in [-0.3, -0.25) is 5.01 Å². The average Bonchev–Trinajstić information content (AvgIpc) is 2.82. The molecule has 1 aliphatic carbocycles. The predicted molar refractivity (Wildman–Crippen MR) is 82.9 cm³/mol. The molecule has 7 nitrogen and oxygen atoms in total. The van der Waals surface area contributed by atoms with Crippen LogP contribution < -0.4 is 16.8 Å². The van der Waals surface area contributed by atoms with Crippen LogP contribution in [0.5, 0.6) is 0 Å². The molecule has 0 spiro atoms. The van der Waals surface area contributed by atoms with Gasteiger partial charge in [0, 0.05) is 31.5 Å². The number of rotatable bonds is 3. The van der Waals surface area contributed by atoms with Gasteiger partial charge in [0.15, 0.2) is 0 Å². The zero-order chi connectivity index (χ0) is 14.8. The number of hydrazone groups is 1. The van der Waals surface area contributed by atoms with E-state index in [1.54, 1.807) is 11.2 Å². The molecule has 0 radical (unpaired) electrons. The monoisotopic (exact) mass is 289 g/mol. The van der Waals surface area contributed by atoms with Crippen molar-refractivity contribution in [2.45, 2.75) is 49.9 Å². The van der Waals surface area contributed by atoms with Gasteiger partial charge in [0.2, 0.25) is 5.95 Å². The summed E-state index contributed by atoms with van der Waals surface area (Å²) in [7, 11) is 1.87. The number of anilines is 1. The van der Waals surface area contributed by atoms with Crippen molar-refractivity contribution < 1.29 is 0 Å². The molecule has 21 heavy (non-hydrogen) atoms. The highest BCUT2D eigenvalue weighted by Gasteiger charge is 2.28. The number of nitrogens with two attached hydrogens (primary N) is 2. The summed E-state index contributed by atoms with van der Waals surface area (Å²) in [6.07, 6.45) is 7.71. The Morgan fingerprint density at radius 1 is 1.24 bits per heavy atom. The van der Waals surface area contributed by atoms with Crippen LogP contribution in [0.2, 0.25) is 0 Å². The largest absolute Gasteiger partial charge is 0.351 e. The summed E-state index contributed by atoms with van der Waals surface area (Å²) in [6.45, 7) is 0. The summed E-state index contributed by atoms with van der Waals surface area (Å²) in [5, 5.41) is 9.38. The van der Waals surface area contributed by atoms with Crippen LogP contribution in [0.4, 0.5) is 5.95 Å². The average molecular weight is 289 g/mol. The van der Waals surface area contributed by atoms with E-state index >= 15 is 0 Å². The summed E-state index contributed by atoms with van der Waals surface area (Å²) in [4.78, 5) is 8.92. The normalized spacial score (nSPS) is 32.4. The van der Waals surface area contributed by atoms with Crippen LogP contribution in [-0.4, -0.2) is 46.5 Å². The van der Waals surface area contributed by atoms with Crippen molar-refractivity contribution in [1.82, 2.24) is 15.0 Å². The van der Waals surface area contributed by atoms with E-state index in [9.17, 15) is 0 Å². The molecular formula is C14H23N7. The summed E-state index contributed by atoms with van der Waals surface area (Å²) >= 11 is 0. The molecule has 1 aromatic heterocycles. The van der Waals surface area contributed by atoms with Gasteiger partial charge >= 0.3 is 0 Å². The van der Waals surface area contributed by atoms with Crippen LogP contribution in [0, 0.1) is 0 Å². The molecule has 0 bridgehead atoms. The summed E-state index contributed by atoms with van der Waals surface area (Å²) in [6, 6.07) is 2.66. The van der Waals surface area contributed by atoms with Gasteiger partial charge in [-0.2, -0.15) is 5.10 Å². The van der Waals surface area contributed by atoms with E-state index in [0.717, 1.165) is 31.4 Å². The number of hydrogen-bond acceptors (Lipinski definition) is 7. The van der Waals surface area contributed by atoms with Gasteiger partial charge in [0.25, 0.3) is 0 Å². The smallest absolute Gasteiger partial charge is 0.223 e. The Morgan fingerprint density at radius 3 is 2.67 bits per heavy atom. The maximum atomic E-state index is 6.11. The second kappa shape index (κ2) is 5.95. The predicted octanol–water partition coefficient (Wildman–Crippen LogP) is 0.458. The molecule has 114 valence electrons. The molecule has 1 fully saturated rings. The molecule has 2 aliphatic rings. The van der Waals surface area contributed by atoms with Crippen molar-refractivity contribution in [3.63, 3.8) is 0 Å². The van der Waals surface area contributed by atoms with Gasteiger partial charge in [0.1, 0.15) is 6.17 Å². The molecule has 0 amide bonds. The summed E-state index contributed by atoms with van der Waals surface area (Å²) in [5.41, 5.74) is 12.9. The van der Waals surface area contributed by atoms with Crippen LogP contribution in [0.25, 0.3) is 0 Å². The van der Waals surface area contributed by atoms with Crippen LogP contribution in [0.15, 0.2) is 17.4 Å². The third-order valence-corrected chi connectivity index (χ3v) is 4.33. The fourth-order valence-electron chi connectivity index (χ4n) is 2.90. The third kappa shape index (κ3) is 3.14. The first-order valence-electron chi connectivity index (χ1n) is 7.51. The van der Waals surface area contributed by atoms with Gasteiger partial charge < -0.3 is 16.8 Å². The lowest BCUT2D eigenvalue weighted by Crippen LogP contribution is -2.37. The lowest BCUT2D eigenvalue weighted by molar-refractivity contribution is 0.275. The van der Waals surface area contributed by atoms with Crippen molar-refractivity contribution in [1.29, 1.82) is 0 Å². The van der Waals surface area contributed by atoms with E-state index in [2.05, 4.69) is 20.4 Å². The Hall–Kier alpha value is -1.73. The molecule has 2 heterocycles. The topological polar surface area (TPSA) is 105 Å². The van der Waals surface area contributed by atoms with Crippen molar-refractivity contribution in [2.75, 3.05) is 12.4 Å². The fourth-order valence-corrected chi connectivity index (χ4v) is 2.90. The zero-order valence-corrected chi connectivity index (χ0v) is 12.3. The van der Waals surface area contributed by atoms with Gasteiger partial charge in [-0.15, -0.1) is 0 Å². The second-order valence-electron chi connectivity index (χ2n) is 5.92. The van der Waals surface area contributed by atoms with Crippen molar-refractivity contribution in [2.24, 2.45) is 16.6 Å². The highest BCUT2D eigenvalue weighted by molar-refractivity contribution is 5.69. The quantitative estimate of drug-likeness (QED) is 0.746. The molecule has 0 saturated heterocycles. The molecule has 1 aliphatic heterocycles. The SMILES string of the molecule is CN1N=CC(c2ccnc(NC3CCC(N)CC3)n2)C1N. The van der Waals surface area contributed by atoms with Crippen LogP contribution in [0.3, 0.4) is 0 Å². The van der Waals surface area contributed by atoms with Gasteiger partial charge in [0.05, 0.1) is 11.6 Å². The maximum Gasteiger partial charge on any atom is 0.223 e. The Kier molecular flexibility index (Phi) is 4.03. The van der Waals surface area contributed by atoms with Crippen molar-refractivity contribution in [3.05, 3.63) is 18.0 Å². The van der Waals surface area contributed by atoms with Gasteiger partial charge in [-0.1, -0.05) is 0 Å². The second-order valence-corrected chi connectivity index (χ2v) is 5.92. The maximum absolute atomic E-state index is 6.11. The van der Waals surface area contributed by atoms with Gasteiger partial charge in [-0.05, 0) is 31.7 Å². The standard InChI is InChI=1S/C14H23N7/c1-21-13(16)11(8-18-21)12-6-7-17-14(20-12)19-10-4-2-9(15)3-5-10/h6-11,13H,2-5,15-16H2,1H3,(H,17,19,20). The lowest BCUT2D eigenvalue weighted by Gasteiger charge is -2.27. The summed E-state index contributed by atoms with van der Waals surface area (Å²) in [5.74, 6) is 0.682. The molecule has 7 heteroatoms. The Labute approximate surface area is 124 Å². The molecule has 3 rings (SSSR count). The van der Waals surface area contributed by atoms with Crippen LogP contribution in [0.1, 0.15) is 37.3 Å². The van der Waals surface area contributed by atoms with E-state index < -0.39 is 0 Å². The minimum absolute atomic E-state index is 0.0123. The highest BCUT2D eigenvalue weighted by atomic mass is 15.5. The van der Waals surface area contributed by atoms with E-state index in [1.807, 2.05) is 19.3 Å². The molecule has 0 aromatic carbocycles. The van der Waals surface area contributed by atoms with E-state index in [0.29, 0.717) is 18.0 Å². The molecule has 2 atom stereocenters. The first kappa shape index (κ1) is 14.2. The minimum atomic E-state index is -0.166. The lowest BCUT2D eigenvalue weighted by atomic mass is 9.92. The van der Waals surface area contributed by atoms with Crippen molar-refractivity contribution in [3.8, 4) is 0 Å². The molecule has 1 saturated carbocycles. The highest BCUT2D eigenvalue weighted by Crippen LogP contribution is 2.23. The first-order chi connectivity index (χ1) is 10.1. The number of nitrogens with one attached hydrogen (secondary N) is 1. The van der Waals surface area contributed by atoms with Gasteiger partial charge in [-0.25, -0.2) is 9.97 Å². The number of nitrogens with zero attached hydrogens (tertiary/aromatic N) is 4. The van der Waals surface area contributed by atoms with Crippen molar-refractivity contribution >= 4 is 12.2 Å². The first-order valence-corrected chi connectivity index (χ1v) is 7.51. The molecule has 5 N–H and O–H groups in total. The Morgan fingerprint density at radius 2 is 2.00 bits per heavy atom. The third-order valence-electron chi connectivity index (χ3n) is 4.33. The number of aromatic nitrogens is 2. The fraction of sp³-hybridized carbons (Fsp3) is 0.643. The van der Waals surface area contributed by atoms with E-state index in [-0.39, 0.29) is 12.1 Å². The van der Waals surface area contributed by atoms with Crippen LogP contribution in [-0.2, 0) is 0 Å². The Balaban J connectivity index is 1.68. The van der Waals surface area contributed by atoms with Crippen LogP contribution >= 0.6 is 0 Å². The molecule has 1 aromatic rings. The molecule has 2 unspecified atom stereocenters. The van der Waals surface area contributed by atoms with E-state index in [4.69, 9.17) is 11.5 Å². The summed E-state index contributed by atoms with van der Waals surface area (Å²) < 4.78 is 0.